The summed E-state index contributed by atoms with van der Waals surface area (Å²) in [5.74, 6) is -0.210. The molecule has 1 saturated heterocycles. The van der Waals surface area contributed by atoms with Gasteiger partial charge < -0.3 is 16.0 Å². The number of benzene rings is 1. The summed E-state index contributed by atoms with van der Waals surface area (Å²) < 4.78 is 0. The number of anilines is 1. The van der Waals surface area contributed by atoms with Crippen molar-refractivity contribution in [3.63, 3.8) is 0 Å². The maximum atomic E-state index is 12.0. The molecular formula is C15H22N3O2+. The smallest absolute Gasteiger partial charge is 0.279 e. The van der Waals surface area contributed by atoms with E-state index >= 15 is 0 Å². The molecule has 0 bridgehead atoms. The second-order valence-corrected chi connectivity index (χ2v) is 5.47. The molecule has 0 aliphatic carbocycles. The summed E-state index contributed by atoms with van der Waals surface area (Å²) in [4.78, 5) is 24.3. The molecule has 0 radical (unpaired) electrons. The molecular weight excluding hydrogens is 254 g/mol. The lowest BCUT2D eigenvalue weighted by molar-refractivity contribution is -0.897. The van der Waals surface area contributed by atoms with Crippen molar-refractivity contribution in [1.82, 2.24) is 0 Å². The standard InChI is InChI=1S/C15H21N3O2/c1-11-4-2-3-5-13(11)17-14(19)10-18-8-6-12(7-9-18)15(16)20/h2-5,12H,6-10H2,1H3,(H2,16,20)(H,17,19)/p+1. The van der Waals surface area contributed by atoms with Crippen LogP contribution in [0.4, 0.5) is 5.69 Å². The predicted octanol–water partition coefficient (Wildman–Crippen LogP) is -0.286. The quantitative estimate of drug-likeness (QED) is 0.707. The molecule has 0 spiro atoms. The van der Waals surface area contributed by atoms with Gasteiger partial charge in [-0.25, -0.2) is 0 Å². The molecule has 0 atom stereocenters. The number of primary amides is 1. The van der Waals surface area contributed by atoms with Crippen LogP contribution in [-0.2, 0) is 9.59 Å². The lowest BCUT2D eigenvalue weighted by atomic mass is 9.96. The highest BCUT2D eigenvalue weighted by atomic mass is 16.2. The summed E-state index contributed by atoms with van der Waals surface area (Å²) in [6.07, 6.45) is 1.56. The Hall–Kier alpha value is -1.88. The fourth-order valence-corrected chi connectivity index (χ4v) is 2.62. The first-order chi connectivity index (χ1) is 9.56. The number of amides is 2. The summed E-state index contributed by atoms with van der Waals surface area (Å²) in [7, 11) is 0. The number of nitrogens with one attached hydrogen (secondary N) is 2. The predicted molar refractivity (Wildman–Crippen MR) is 77.3 cm³/mol. The molecule has 5 heteroatoms. The number of piperidine rings is 1. The van der Waals surface area contributed by atoms with Crippen LogP contribution in [0, 0.1) is 12.8 Å². The van der Waals surface area contributed by atoms with Crippen molar-refractivity contribution in [1.29, 1.82) is 0 Å². The summed E-state index contributed by atoms with van der Waals surface area (Å²) in [6, 6.07) is 7.74. The monoisotopic (exact) mass is 276 g/mol. The van der Waals surface area contributed by atoms with Crippen LogP contribution >= 0.6 is 0 Å². The molecule has 1 aliphatic rings. The van der Waals surface area contributed by atoms with Gasteiger partial charge in [0.05, 0.1) is 13.1 Å². The molecule has 1 aromatic carbocycles. The Morgan fingerprint density at radius 3 is 2.55 bits per heavy atom. The van der Waals surface area contributed by atoms with Crippen LogP contribution in [0.15, 0.2) is 24.3 Å². The summed E-state index contributed by atoms with van der Waals surface area (Å²) in [6.45, 7) is 4.07. The van der Waals surface area contributed by atoms with E-state index in [2.05, 4.69) is 5.32 Å². The number of para-hydroxylation sites is 1. The summed E-state index contributed by atoms with van der Waals surface area (Å²) >= 11 is 0. The first-order valence-electron chi connectivity index (χ1n) is 7.04. The third-order valence-corrected chi connectivity index (χ3v) is 3.92. The minimum atomic E-state index is -0.214. The van der Waals surface area contributed by atoms with E-state index in [-0.39, 0.29) is 17.7 Å². The average Bonchev–Trinajstić information content (AvgIpc) is 2.42. The van der Waals surface area contributed by atoms with E-state index in [0.29, 0.717) is 6.54 Å². The first-order valence-corrected chi connectivity index (χ1v) is 7.04. The number of quaternary nitrogens is 1. The molecule has 0 saturated carbocycles. The van der Waals surface area contributed by atoms with Gasteiger partial charge in [0.1, 0.15) is 0 Å². The lowest BCUT2D eigenvalue weighted by Gasteiger charge is -2.27. The number of aryl methyl sites for hydroxylation is 1. The molecule has 108 valence electrons. The highest BCUT2D eigenvalue weighted by Crippen LogP contribution is 2.12. The molecule has 1 aromatic rings. The molecule has 2 amide bonds. The van der Waals surface area contributed by atoms with Crippen LogP contribution < -0.4 is 16.0 Å². The largest absolute Gasteiger partial charge is 0.369 e. The Balaban J connectivity index is 1.81. The number of hydrogen-bond acceptors (Lipinski definition) is 2. The van der Waals surface area contributed by atoms with Crippen LogP contribution in [0.3, 0.4) is 0 Å². The molecule has 5 nitrogen and oxygen atoms in total. The second kappa shape index (κ2) is 6.52. The van der Waals surface area contributed by atoms with Gasteiger partial charge in [0, 0.05) is 24.4 Å². The van der Waals surface area contributed by atoms with Crippen LogP contribution in [0.25, 0.3) is 0 Å². The van der Waals surface area contributed by atoms with Crippen molar-refractivity contribution in [2.75, 3.05) is 25.0 Å². The zero-order chi connectivity index (χ0) is 14.5. The van der Waals surface area contributed by atoms with Crippen molar-refractivity contribution >= 4 is 17.5 Å². The van der Waals surface area contributed by atoms with Gasteiger partial charge >= 0.3 is 0 Å². The average molecular weight is 276 g/mol. The van der Waals surface area contributed by atoms with E-state index in [9.17, 15) is 9.59 Å². The van der Waals surface area contributed by atoms with Crippen molar-refractivity contribution in [3.05, 3.63) is 29.8 Å². The van der Waals surface area contributed by atoms with Gasteiger partial charge in [-0.3, -0.25) is 9.59 Å². The Morgan fingerprint density at radius 1 is 1.30 bits per heavy atom. The van der Waals surface area contributed by atoms with E-state index in [1.54, 1.807) is 0 Å². The maximum Gasteiger partial charge on any atom is 0.279 e. The minimum Gasteiger partial charge on any atom is -0.369 e. The highest BCUT2D eigenvalue weighted by molar-refractivity contribution is 5.92. The molecule has 0 unspecified atom stereocenters. The normalized spacial score (nSPS) is 22.2. The maximum absolute atomic E-state index is 12.0. The van der Waals surface area contributed by atoms with Crippen LogP contribution in [0.2, 0.25) is 0 Å². The van der Waals surface area contributed by atoms with Gasteiger partial charge in [-0.15, -0.1) is 0 Å². The fraction of sp³-hybridized carbons (Fsp3) is 0.467. The molecule has 1 fully saturated rings. The molecule has 2 rings (SSSR count). The van der Waals surface area contributed by atoms with E-state index in [4.69, 9.17) is 5.73 Å². The first kappa shape index (κ1) is 14.5. The molecule has 4 N–H and O–H groups in total. The van der Waals surface area contributed by atoms with Gasteiger partial charge in [0.25, 0.3) is 5.91 Å². The number of carbonyl (C=O) groups is 2. The Bertz CT molecular complexity index is 494. The number of likely N-dealkylation sites (tertiary alicyclic amines) is 1. The van der Waals surface area contributed by atoms with Crippen LogP contribution in [-0.4, -0.2) is 31.4 Å². The zero-order valence-electron chi connectivity index (χ0n) is 11.8. The van der Waals surface area contributed by atoms with Crippen LogP contribution in [0.1, 0.15) is 18.4 Å². The molecule has 20 heavy (non-hydrogen) atoms. The van der Waals surface area contributed by atoms with E-state index in [1.165, 1.54) is 4.90 Å². The number of carbonyl (C=O) groups excluding carboxylic acids is 2. The van der Waals surface area contributed by atoms with E-state index < -0.39 is 0 Å². The lowest BCUT2D eigenvalue weighted by Crippen LogP contribution is -3.14. The zero-order valence-corrected chi connectivity index (χ0v) is 11.8. The van der Waals surface area contributed by atoms with Gasteiger partial charge in [0.15, 0.2) is 6.54 Å². The summed E-state index contributed by atoms with van der Waals surface area (Å²) in [5, 5.41) is 2.94. The SMILES string of the molecule is Cc1ccccc1NC(=O)C[NH+]1CCC(C(N)=O)CC1. The van der Waals surface area contributed by atoms with Gasteiger partial charge in [-0.2, -0.15) is 0 Å². The topological polar surface area (TPSA) is 76.6 Å². The fourth-order valence-electron chi connectivity index (χ4n) is 2.62. The Labute approximate surface area is 119 Å². The number of rotatable bonds is 4. The third kappa shape index (κ3) is 3.81. The highest BCUT2D eigenvalue weighted by Gasteiger charge is 2.26. The van der Waals surface area contributed by atoms with E-state index in [1.807, 2.05) is 31.2 Å². The second-order valence-electron chi connectivity index (χ2n) is 5.47. The van der Waals surface area contributed by atoms with Crippen molar-refractivity contribution in [3.8, 4) is 0 Å². The Morgan fingerprint density at radius 2 is 1.95 bits per heavy atom. The number of nitrogens with two attached hydrogens (primary N) is 1. The summed E-state index contributed by atoms with van der Waals surface area (Å²) in [5.41, 5.74) is 7.23. The van der Waals surface area contributed by atoms with Crippen molar-refractivity contribution < 1.29 is 14.5 Å². The van der Waals surface area contributed by atoms with Crippen LogP contribution in [0.5, 0.6) is 0 Å². The molecule has 1 heterocycles. The number of hydrogen-bond donors (Lipinski definition) is 3. The van der Waals surface area contributed by atoms with Gasteiger partial charge in [-0.05, 0) is 18.6 Å². The Kier molecular flexibility index (Phi) is 4.74. The van der Waals surface area contributed by atoms with Crippen molar-refractivity contribution in [2.24, 2.45) is 11.7 Å². The van der Waals surface area contributed by atoms with Crippen molar-refractivity contribution in [2.45, 2.75) is 19.8 Å². The van der Waals surface area contributed by atoms with Gasteiger partial charge in [-0.1, -0.05) is 18.2 Å². The van der Waals surface area contributed by atoms with E-state index in [0.717, 1.165) is 37.2 Å². The molecule has 0 aromatic heterocycles. The minimum absolute atomic E-state index is 0.0156. The molecule has 1 aliphatic heterocycles. The third-order valence-electron chi connectivity index (χ3n) is 3.92. The van der Waals surface area contributed by atoms with Gasteiger partial charge in [0.2, 0.25) is 5.91 Å².